The fourth-order valence-electron chi connectivity index (χ4n) is 0.879. The van der Waals surface area contributed by atoms with Crippen LogP contribution in [-0.4, -0.2) is 11.3 Å². The Morgan fingerprint density at radius 1 is 1.38 bits per heavy atom. The molecule has 0 aliphatic heterocycles. The van der Waals surface area contributed by atoms with Gasteiger partial charge in [-0.1, -0.05) is 17.7 Å². The van der Waals surface area contributed by atoms with E-state index in [9.17, 15) is 4.79 Å². The number of halogens is 1. The second-order valence-corrected chi connectivity index (χ2v) is 3.63. The van der Waals surface area contributed by atoms with Gasteiger partial charge in [-0.15, -0.1) is 11.6 Å². The summed E-state index contributed by atoms with van der Waals surface area (Å²) in [6, 6.07) is 7.59. The summed E-state index contributed by atoms with van der Waals surface area (Å²) in [5.41, 5.74) is 1.94. The Bertz CT molecular complexity index is 292. The molecule has 1 rings (SSSR count). The molecule has 0 saturated heterocycles. The van der Waals surface area contributed by atoms with Crippen LogP contribution in [0, 0.1) is 6.92 Å². The van der Waals surface area contributed by atoms with Crippen LogP contribution in [0.2, 0.25) is 0 Å². The maximum atomic E-state index is 11.2. The van der Waals surface area contributed by atoms with Gasteiger partial charge in [-0.05, 0) is 26.0 Å². The Hall–Kier alpha value is -1.02. The molecule has 70 valence electrons. The van der Waals surface area contributed by atoms with Crippen LogP contribution in [0.25, 0.3) is 0 Å². The van der Waals surface area contributed by atoms with Crippen molar-refractivity contribution >= 4 is 23.2 Å². The minimum absolute atomic E-state index is 0.175. The molecule has 0 heterocycles. The highest BCUT2D eigenvalue weighted by Gasteiger charge is 2.08. The molecule has 1 atom stereocenters. The summed E-state index contributed by atoms with van der Waals surface area (Å²) in [5, 5.41) is 2.20. The number of carbonyl (C=O) groups is 1. The van der Waals surface area contributed by atoms with Gasteiger partial charge in [0.15, 0.2) is 0 Å². The fourth-order valence-corrected chi connectivity index (χ4v) is 0.933. The van der Waals surface area contributed by atoms with Gasteiger partial charge in [-0.2, -0.15) is 0 Å². The Labute approximate surface area is 82.9 Å². The first-order valence-electron chi connectivity index (χ1n) is 4.11. The quantitative estimate of drug-likeness (QED) is 0.726. The maximum absolute atomic E-state index is 11.2. The number of alkyl halides is 1. The lowest BCUT2D eigenvalue weighted by Gasteiger charge is -2.06. The van der Waals surface area contributed by atoms with E-state index in [-0.39, 0.29) is 5.91 Å². The van der Waals surface area contributed by atoms with Crippen LogP contribution >= 0.6 is 11.6 Å². The number of hydrogen-bond acceptors (Lipinski definition) is 1. The molecule has 1 aromatic carbocycles. The molecule has 1 amide bonds. The molecular formula is C10H12ClNO. The smallest absolute Gasteiger partial charge is 0.242 e. The topological polar surface area (TPSA) is 29.1 Å². The zero-order valence-corrected chi connectivity index (χ0v) is 8.43. The van der Waals surface area contributed by atoms with E-state index < -0.39 is 5.38 Å². The SMILES string of the molecule is Cc1ccc(NC(=O)[C@@H](C)Cl)cc1. The van der Waals surface area contributed by atoms with E-state index in [1.165, 1.54) is 0 Å². The van der Waals surface area contributed by atoms with E-state index in [0.717, 1.165) is 11.3 Å². The molecule has 0 fully saturated rings. The highest BCUT2D eigenvalue weighted by molar-refractivity contribution is 6.32. The molecule has 0 spiro atoms. The molecule has 1 N–H and O–H groups in total. The van der Waals surface area contributed by atoms with Crippen molar-refractivity contribution in [3.05, 3.63) is 29.8 Å². The second kappa shape index (κ2) is 4.28. The number of anilines is 1. The van der Waals surface area contributed by atoms with Gasteiger partial charge in [0, 0.05) is 5.69 Å². The van der Waals surface area contributed by atoms with Crippen LogP contribution in [0.1, 0.15) is 12.5 Å². The lowest BCUT2D eigenvalue weighted by Crippen LogP contribution is -2.20. The Balaban J connectivity index is 2.65. The second-order valence-electron chi connectivity index (χ2n) is 2.97. The van der Waals surface area contributed by atoms with Gasteiger partial charge < -0.3 is 5.32 Å². The number of hydrogen-bond donors (Lipinski definition) is 1. The molecule has 3 heteroatoms. The van der Waals surface area contributed by atoms with Crippen LogP contribution in [0.5, 0.6) is 0 Å². The summed E-state index contributed by atoms with van der Waals surface area (Å²) >= 11 is 5.60. The largest absolute Gasteiger partial charge is 0.325 e. The standard InChI is InChI=1S/C10H12ClNO/c1-7-3-5-9(6-4-7)12-10(13)8(2)11/h3-6,8H,1-2H3,(H,12,13)/t8-/m1/s1. The third kappa shape index (κ3) is 3.07. The van der Waals surface area contributed by atoms with Crippen molar-refractivity contribution in [1.29, 1.82) is 0 Å². The number of aryl methyl sites for hydroxylation is 1. The Morgan fingerprint density at radius 2 is 1.92 bits per heavy atom. The van der Waals surface area contributed by atoms with Crippen LogP contribution in [0.3, 0.4) is 0 Å². The van der Waals surface area contributed by atoms with E-state index in [1.807, 2.05) is 31.2 Å². The van der Waals surface area contributed by atoms with E-state index >= 15 is 0 Å². The van der Waals surface area contributed by atoms with E-state index in [2.05, 4.69) is 5.32 Å². The number of nitrogens with one attached hydrogen (secondary N) is 1. The number of rotatable bonds is 2. The molecule has 0 aliphatic carbocycles. The van der Waals surface area contributed by atoms with Gasteiger partial charge in [0.1, 0.15) is 5.38 Å². The first-order chi connectivity index (χ1) is 6.09. The lowest BCUT2D eigenvalue weighted by molar-refractivity contribution is -0.115. The van der Waals surface area contributed by atoms with Crippen molar-refractivity contribution in [1.82, 2.24) is 0 Å². The molecule has 0 unspecified atom stereocenters. The molecule has 0 aliphatic rings. The summed E-state index contributed by atoms with van der Waals surface area (Å²) in [6.45, 7) is 3.64. The van der Waals surface area contributed by atoms with E-state index in [1.54, 1.807) is 6.92 Å². The van der Waals surface area contributed by atoms with Crippen molar-refractivity contribution < 1.29 is 4.79 Å². The maximum Gasteiger partial charge on any atom is 0.242 e. The third-order valence-electron chi connectivity index (χ3n) is 1.68. The number of carbonyl (C=O) groups excluding carboxylic acids is 1. The zero-order valence-electron chi connectivity index (χ0n) is 7.67. The minimum atomic E-state index is -0.499. The molecule has 1 aromatic rings. The highest BCUT2D eigenvalue weighted by Crippen LogP contribution is 2.09. The van der Waals surface area contributed by atoms with Gasteiger partial charge in [0.25, 0.3) is 0 Å². The minimum Gasteiger partial charge on any atom is -0.325 e. The van der Waals surface area contributed by atoms with Crippen LogP contribution in [0.15, 0.2) is 24.3 Å². The Morgan fingerprint density at radius 3 is 2.38 bits per heavy atom. The summed E-state index contributed by atoms with van der Waals surface area (Å²) in [4.78, 5) is 11.2. The monoisotopic (exact) mass is 197 g/mol. The van der Waals surface area contributed by atoms with Crippen LogP contribution in [0.4, 0.5) is 5.69 Å². The van der Waals surface area contributed by atoms with Gasteiger partial charge in [0.05, 0.1) is 0 Å². The molecule has 0 bridgehead atoms. The molecule has 0 saturated carbocycles. The highest BCUT2D eigenvalue weighted by atomic mass is 35.5. The number of amides is 1. The lowest BCUT2D eigenvalue weighted by atomic mass is 10.2. The summed E-state index contributed by atoms with van der Waals surface area (Å²) < 4.78 is 0. The van der Waals surface area contributed by atoms with Gasteiger partial charge in [0.2, 0.25) is 5.91 Å². The van der Waals surface area contributed by atoms with E-state index in [4.69, 9.17) is 11.6 Å². The third-order valence-corrected chi connectivity index (χ3v) is 1.88. The first-order valence-corrected chi connectivity index (χ1v) is 4.55. The summed E-state index contributed by atoms with van der Waals surface area (Å²) in [6.07, 6.45) is 0. The van der Waals surface area contributed by atoms with Gasteiger partial charge >= 0.3 is 0 Å². The zero-order chi connectivity index (χ0) is 9.84. The van der Waals surface area contributed by atoms with Crippen molar-refractivity contribution in [3.8, 4) is 0 Å². The van der Waals surface area contributed by atoms with Crippen LogP contribution < -0.4 is 5.32 Å². The number of benzene rings is 1. The molecule has 13 heavy (non-hydrogen) atoms. The molecular weight excluding hydrogens is 186 g/mol. The van der Waals surface area contributed by atoms with E-state index in [0.29, 0.717) is 0 Å². The van der Waals surface area contributed by atoms with Crippen LogP contribution in [-0.2, 0) is 4.79 Å². The van der Waals surface area contributed by atoms with Gasteiger partial charge in [-0.3, -0.25) is 4.79 Å². The molecule has 0 aromatic heterocycles. The van der Waals surface area contributed by atoms with Crippen molar-refractivity contribution in [2.75, 3.05) is 5.32 Å². The van der Waals surface area contributed by atoms with Crippen molar-refractivity contribution in [2.24, 2.45) is 0 Å². The molecule has 2 nitrogen and oxygen atoms in total. The fraction of sp³-hybridized carbons (Fsp3) is 0.300. The Kier molecular flexibility index (Phi) is 3.32. The predicted octanol–water partition coefficient (Wildman–Crippen LogP) is 2.56. The average molecular weight is 198 g/mol. The summed E-state index contributed by atoms with van der Waals surface area (Å²) in [5.74, 6) is -0.175. The van der Waals surface area contributed by atoms with Gasteiger partial charge in [-0.25, -0.2) is 0 Å². The average Bonchev–Trinajstić information content (AvgIpc) is 2.08. The molecule has 0 radical (unpaired) electrons. The summed E-state index contributed by atoms with van der Waals surface area (Å²) in [7, 11) is 0. The normalized spacial score (nSPS) is 12.2. The van der Waals surface area contributed by atoms with Crippen molar-refractivity contribution in [2.45, 2.75) is 19.2 Å². The predicted molar refractivity (Wildman–Crippen MR) is 55.1 cm³/mol. The first kappa shape index (κ1) is 10.1. The van der Waals surface area contributed by atoms with Crippen molar-refractivity contribution in [3.63, 3.8) is 0 Å².